The standard InChI is InChI=1S/C23H27NO9/c1-24-7-6-23-10-3-5-13(31-22-17(28)15(26)16(27)19(33-22)21(29)30)20(23)32-18-12(25)4-2-9(14(18)23)8-11(10)24/h2-5,10-11,13,15-17,19-20,22,25-28H,6-8H2,1H3,(H,29,30)/t10-,11+,13-,15-,16-,17+,19-,20-,22+,23-/m0/s1/i2T. The van der Waals surface area contributed by atoms with Crippen LogP contribution in [0.4, 0.5) is 0 Å². The summed E-state index contributed by atoms with van der Waals surface area (Å²) in [7, 11) is 2.06. The Bertz CT molecular complexity index is 1080. The van der Waals surface area contributed by atoms with E-state index in [0.29, 0.717) is 18.6 Å². The Kier molecular flexibility index (Phi) is 4.37. The number of piperidine rings is 1. The molecule has 5 N–H and O–H groups in total. The van der Waals surface area contributed by atoms with E-state index in [0.717, 1.165) is 17.7 Å². The molecule has 5 aliphatic rings. The SMILES string of the molecule is [3H]c1cc(O)c2c3c1C[C@@H]1[C@@H]4C=C[C@H](O[C@@H]5O[C@H](C(=O)O)[C@@H](O)[C@H](O)[C@H]5O)[C@H](O2)[C@]34CCN1C. The zero-order valence-corrected chi connectivity index (χ0v) is 17.9. The molecule has 2 saturated heterocycles. The Morgan fingerprint density at radius 3 is 2.82 bits per heavy atom. The summed E-state index contributed by atoms with van der Waals surface area (Å²) in [6.07, 6.45) is -4.82. The second kappa shape index (κ2) is 7.14. The van der Waals surface area contributed by atoms with Gasteiger partial charge >= 0.3 is 5.97 Å². The average molecular weight is 463 g/mol. The van der Waals surface area contributed by atoms with E-state index in [9.17, 15) is 30.3 Å². The number of carboxylic acids is 1. The van der Waals surface area contributed by atoms with Crippen LogP contribution in [0.3, 0.4) is 0 Å². The van der Waals surface area contributed by atoms with Crippen LogP contribution >= 0.6 is 0 Å². The van der Waals surface area contributed by atoms with E-state index < -0.39 is 54.3 Å². The highest BCUT2D eigenvalue weighted by Gasteiger charge is 2.65. The number of likely N-dealkylation sites (tertiary alicyclic amines) is 1. The van der Waals surface area contributed by atoms with Gasteiger partial charge in [-0.05, 0) is 38.1 Å². The number of aromatic hydroxyl groups is 1. The van der Waals surface area contributed by atoms with E-state index in [2.05, 4.69) is 11.9 Å². The van der Waals surface area contributed by atoms with Gasteiger partial charge in [0, 0.05) is 22.9 Å². The summed E-state index contributed by atoms with van der Waals surface area (Å²) in [6.45, 7) is 0.776. The number of ether oxygens (including phenoxy) is 3. The normalized spacial score (nSPS) is 45.8. The summed E-state index contributed by atoms with van der Waals surface area (Å²) in [5.74, 6) is -1.22. The number of hydrogen-bond acceptors (Lipinski definition) is 9. The summed E-state index contributed by atoms with van der Waals surface area (Å²) in [5, 5.41) is 50.6. The first-order valence-electron chi connectivity index (χ1n) is 11.6. The summed E-state index contributed by atoms with van der Waals surface area (Å²) in [6, 6.07) is 1.79. The predicted octanol–water partition coefficient (Wildman–Crippen LogP) is -0.885. The number of carbonyl (C=O) groups is 1. The molecule has 0 aromatic heterocycles. The van der Waals surface area contributed by atoms with E-state index in [1.165, 1.54) is 6.07 Å². The van der Waals surface area contributed by atoms with Gasteiger partial charge in [-0.25, -0.2) is 4.79 Å². The number of aliphatic carboxylic acids is 1. The van der Waals surface area contributed by atoms with E-state index in [1.54, 1.807) is 6.08 Å². The Labute approximate surface area is 191 Å². The molecule has 0 amide bonds. The van der Waals surface area contributed by atoms with Crippen LogP contribution in [0.5, 0.6) is 11.5 Å². The molecule has 1 aromatic carbocycles. The topological polar surface area (TPSA) is 149 Å². The number of carboxylic acid groups (broad SMARTS) is 1. The number of phenols is 1. The molecule has 3 aliphatic heterocycles. The molecule has 0 radical (unpaired) electrons. The van der Waals surface area contributed by atoms with Crippen molar-refractivity contribution in [2.45, 2.75) is 67.2 Å². The lowest BCUT2D eigenvalue weighted by molar-refractivity contribution is -0.307. The molecule has 3 heterocycles. The fourth-order valence-corrected chi connectivity index (χ4v) is 6.56. The Morgan fingerprint density at radius 1 is 1.27 bits per heavy atom. The third-order valence-corrected chi connectivity index (χ3v) is 8.14. The fraction of sp³-hybridized carbons (Fsp3) is 0.609. The van der Waals surface area contributed by atoms with Crippen LogP contribution < -0.4 is 4.74 Å². The van der Waals surface area contributed by atoms with Crippen molar-refractivity contribution < 1.29 is 45.9 Å². The molecule has 2 fully saturated rings. The van der Waals surface area contributed by atoms with Gasteiger partial charge in [0.2, 0.25) is 0 Å². The van der Waals surface area contributed by atoms with Crippen LogP contribution in [0.1, 0.15) is 18.9 Å². The second-order valence-electron chi connectivity index (χ2n) is 9.68. The van der Waals surface area contributed by atoms with E-state index in [4.69, 9.17) is 15.6 Å². The molecule has 0 saturated carbocycles. The van der Waals surface area contributed by atoms with Gasteiger partial charge in [0.25, 0.3) is 0 Å². The second-order valence-corrected chi connectivity index (χ2v) is 9.68. The Morgan fingerprint density at radius 2 is 2.06 bits per heavy atom. The van der Waals surface area contributed by atoms with Gasteiger partial charge < -0.3 is 44.6 Å². The molecular formula is C23H27NO9. The highest BCUT2D eigenvalue weighted by atomic mass is 16.7. The Balaban J connectivity index is 1.40. The first-order chi connectivity index (χ1) is 16.1. The largest absolute Gasteiger partial charge is 0.504 e. The molecule has 2 bridgehead atoms. The zero-order chi connectivity index (χ0) is 24.1. The van der Waals surface area contributed by atoms with Crippen LogP contribution in [0.25, 0.3) is 0 Å². The van der Waals surface area contributed by atoms with Gasteiger partial charge in [-0.1, -0.05) is 18.2 Å². The van der Waals surface area contributed by atoms with Gasteiger partial charge in [0.1, 0.15) is 30.5 Å². The maximum atomic E-state index is 11.5. The number of aliphatic hydroxyl groups excluding tert-OH is 3. The molecule has 33 heavy (non-hydrogen) atoms. The number of rotatable bonds is 3. The van der Waals surface area contributed by atoms with Gasteiger partial charge in [0.05, 0.1) is 1.37 Å². The average Bonchev–Trinajstić information content (AvgIpc) is 3.14. The van der Waals surface area contributed by atoms with Gasteiger partial charge in [-0.3, -0.25) is 0 Å². The lowest BCUT2D eigenvalue weighted by atomic mass is 9.53. The molecule has 178 valence electrons. The molecule has 0 unspecified atom stereocenters. The van der Waals surface area contributed by atoms with Crippen LogP contribution in [0.15, 0.2) is 24.3 Å². The fourth-order valence-electron chi connectivity index (χ4n) is 6.56. The van der Waals surface area contributed by atoms with Crippen molar-refractivity contribution in [2.24, 2.45) is 5.92 Å². The quantitative estimate of drug-likeness (QED) is 0.358. The van der Waals surface area contributed by atoms with Crippen molar-refractivity contribution in [3.8, 4) is 11.5 Å². The first kappa shape index (κ1) is 20.2. The number of likely N-dealkylation sites (N-methyl/N-ethyl adjacent to an activating group) is 1. The van der Waals surface area contributed by atoms with Crippen molar-refractivity contribution in [1.29, 1.82) is 0 Å². The third kappa shape index (κ3) is 2.73. The zero-order valence-electron chi connectivity index (χ0n) is 18.9. The minimum atomic E-state index is -1.81. The molecule has 10 heteroatoms. The molecule has 1 spiro atoms. The van der Waals surface area contributed by atoms with Crippen LogP contribution in [0.2, 0.25) is 0 Å². The summed E-state index contributed by atoms with van der Waals surface area (Å²) >= 11 is 0. The van der Waals surface area contributed by atoms with Crippen molar-refractivity contribution in [1.82, 2.24) is 4.90 Å². The van der Waals surface area contributed by atoms with Crippen LogP contribution in [-0.4, -0.2) is 98.9 Å². The number of hydrogen-bond donors (Lipinski definition) is 5. The number of nitrogens with zero attached hydrogens (tertiary/aromatic N) is 1. The number of aliphatic hydroxyl groups is 3. The maximum absolute atomic E-state index is 11.5. The molecule has 2 aliphatic carbocycles. The third-order valence-electron chi connectivity index (χ3n) is 8.14. The Hall–Kier alpha value is -2.21. The van der Waals surface area contributed by atoms with Gasteiger partial charge in [0.15, 0.2) is 23.9 Å². The summed E-state index contributed by atoms with van der Waals surface area (Å²) in [5.41, 5.74) is 1.10. The highest BCUT2D eigenvalue weighted by molar-refractivity contribution is 5.73. The van der Waals surface area contributed by atoms with Crippen molar-refractivity contribution in [3.63, 3.8) is 0 Å². The highest BCUT2D eigenvalue weighted by Crippen LogP contribution is 2.62. The monoisotopic (exact) mass is 463 g/mol. The lowest BCUT2D eigenvalue weighted by Crippen LogP contribution is -2.66. The molecule has 10 atom stereocenters. The van der Waals surface area contributed by atoms with Gasteiger partial charge in [-0.15, -0.1) is 0 Å². The predicted molar refractivity (Wildman–Crippen MR) is 111 cm³/mol. The van der Waals surface area contributed by atoms with Crippen LogP contribution in [0, 0.1) is 5.92 Å². The minimum absolute atomic E-state index is 0.0439. The minimum Gasteiger partial charge on any atom is -0.504 e. The van der Waals surface area contributed by atoms with Crippen molar-refractivity contribution >= 4 is 5.97 Å². The van der Waals surface area contributed by atoms with E-state index >= 15 is 0 Å². The molecule has 1 aromatic rings. The van der Waals surface area contributed by atoms with E-state index in [1.807, 2.05) is 6.08 Å². The maximum Gasteiger partial charge on any atom is 0.335 e. The lowest BCUT2D eigenvalue weighted by Gasteiger charge is -2.57. The molecule has 6 rings (SSSR count). The summed E-state index contributed by atoms with van der Waals surface area (Å²) < 4.78 is 26.2. The van der Waals surface area contributed by atoms with Gasteiger partial charge in [-0.2, -0.15) is 0 Å². The molecular weight excluding hydrogens is 434 g/mol. The molecule has 10 nitrogen and oxygen atoms in total. The van der Waals surface area contributed by atoms with Crippen molar-refractivity contribution in [3.05, 3.63) is 35.4 Å². The first-order valence-corrected chi connectivity index (χ1v) is 11.1. The smallest absolute Gasteiger partial charge is 0.335 e. The number of phenolic OH excluding ortho intramolecular Hbond substituents is 1. The van der Waals surface area contributed by atoms with Crippen LogP contribution in [-0.2, 0) is 26.1 Å². The summed E-state index contributed by atoms with van der Waals surface area (Å²) in [4.78, 5) is 13.8. The van der Waals surface area contributed by atoms with E-state index in [-0.39, 0.29) is 23.8 Å². The van der Waals surface area contributed by atoms with Crippen molar-refractivity contribution in [2.75, 3.05) is 13.6 Å². The number of benzene rings is 1.